The molecule has 0 unspecified atom stereocenters. The van der Waals surface area contributed by atoms with Crippen LogP contribution in [0.15, 0.2) is 22.3 Å². The van der Waals surface area contributed by atoms with Crippen molar-refractivity contribution in [3.8, 4) is 0 Å². The van der Waals surface area contributed by atoms with Gasteiger partial charge >= 0.3 is 0 Å². The summed E-state index contributed by atoms with van der Waals surface area (Å²) in [6.07, 6.45) is 5.76. The summed E-state index contributed by atoms with van der Waals surface area (Å²) >= 11 is 0. The molecule has 0 N–H and O–H groups in total. The number of rotatable bonds is 4. The lowest BCUT2D eigenvalue weighted by Gasteiger charge is -2.20. The van der Waals surface area contributed by atoms with E-state index in [2.05, 4.69) is 37.3 Å². The van der Waals surface area contributed by atoms with Crippen molar-refractivity contribution in [1.82, 2.24) is 10.0 Å². The largest absolute Gasteiger partial charge is 0.231 e. The molecule has 14 heavy (non-hydrogen) atoms. The molecule has 0 aliphatic carbocycles. The van der Waals surface area contributed by atoms with Crippen molar-refractivity contribution in [3.05, 3.63) is 11.9 Å². The summed E-state index contributed by atoms with van der Waals surface area (Å²) in [6.45, 7) is 6.43. The molecule has 0 saturated carbocycles. The molecule has 0 fully saturated rings. The first-order valence-electron chi connectivity index (χ1n) is 5.31. The van der Waals surface area contributed by atoms with Crippen molar-refractivity contribution >= 4 is 0 Å². The van der Waals surface area contributed by atoms with Crippen molar-refractivity contribution < 1.29 is 0 Å². The Morgan fingerprint density at radius 1 is 1.36 bits per heavy atom. The van der Waals surface area contributed by atoms with E-state index in [1.807, 2.05) is 17.1 Å². The highest BCUT2D eigenvalue weighted by Crippen LogP contribution is 2.21. The third-order valence-corrected chi connectivity index (χ3v) is 2.21. The normalized spacial score (nSPS) is 19.1. The smallest absolute Gasteiger partial charge is 0.144 e. The number of allylic oxidation sites excluding steroid dienone is 1. The summed E-state index contributed by atoms with van der Waals surface area (Å²) < 4.78 is 0. The molecule has 80 valence electrons. The van der Waals surface area contributed by atoms with Crippen molar-refractivity contribution in [1.29, 1.82) is 0 Å². The van der Waals surface area contributed by atoms with Gasteiger partial charge in [0.1, 0.15) is 5.82 Å². The lowest BCUT2D eigenvalue weighted by Crippen LogP contribution is -2.26. The number of hydrogen-bond acceptors (Lipinski definition) is 4. The van der Waals surface area contributed by atoms with Gasteiger partial charge in [-0.25, -0.2) is 10.0 Å². The van der Waals surface area contributed by atoms with E-state index in [1.165, 1.54) is 12.8 Å². The predicted octanol–water partition coefficient (Wildman–Crippen LogP) is 2.96. The lowest BCUT2D eigenvalue weighted by molar-refractivity contribution is 0.274. The summed E-state index contributed by atoms with van der Waals surface area (Å²) in [4.78, 5) is 0. The van der Waals surface area contributed by atoms with E-state index in [1.54, 1.807) is 0 Å². The Morgan fingerprint density at radius 2 is 2.07 bits per heavy atom. The fourth-order valence-electron chi connectivity index (χ4n) is 1.37. The maximum Gasteiger partial charge on any atom is 0.144 e. The molecular weight excluding hydrogens is 176 g/mol. The van der Waals surface area contributed by atoms with Gasteiger partial charge in [-0.2, -0.15) is 0 Å². The van der Waals surface area contributed by atoms with Gasteiger partial charge in [-0.15, -0.1) is 0 Å². The molecule has 1 rings (SSSR count). The zero-order valence-electron chi connectivity index (χ0n) is 9.56. The van der Waals surface area contributed by atoms with Gasteiger partial charge < -0.3 is 0 Å². The Hall–Kier alpha value is -1.06. The van der Waals surface area contributed by atoms with Crippen molar-refractivity contribution in [2.75, 3.05) is 7.05 Å². The lowest BCUT2D eigenvalue weighted by atomic mass is 10.2. The van der Waals surface area contributed by atoms with E-state index in [0.29, 0.717) is 6.04 Å². The summed E-state index contributed by atoms with van der Waals surface area (Å²) in [7, 11) is 1.93. The van der Waals surface area contributed by atoms with Crippen LogP contribution in [0.2, 0.25) is 0 Å². The molecule has 0 radical (unpaired) electrons. The first-order chi connectivity index (χ1) is 6.66. The van der Waals surface area contributed by atoms with E-state index in [0.717, 1.165) is 12.2 Å². The third-order valence-electron chi connectivity index (χ3n) is 2.21. The molecule has 1 heterocycles. The van der Waals surface area contributed by atoms with Crippen molar-refractivity contribution in [2.24, 2.45) is 10.4 Å². The summed E-state index contributed by atoms with van der Waals surface area (Å²) in [6, 6.07) is 0.372. The molecule has 0 spiro atoms. The number of hydrogen-bond donors (Lipinski definition) is 0. The third kappa shape index (κ3) is 2.47. The zero-order chi connectivity index (χ0) is 10.6. The Bertz CT molecular complexity index is 232. The fraction of sp³-hybridized carbons (Fsp3) is 0.800. The minimum atomic E-state index is 0.372. The minimum Gasteiger partial charge on any atom is -0.231 e. The van der Waals surface area contributed by atoms with Gasteiger partial charge in [0.25, 0.3) is 0 Å². The van der Waals surface area contributed by atoms with Crippen LogP contribution in [0.1, 0.15) is 40.0 Å². The molecule has 0 atom stereocenters. The van der Waals surface area contributed by atoms with Crippen LogP contribution in [0.4, 0.5) is 0 Å². The van der Waals surface area contributed by atoms with E-state index in [9.17, 15) is 0 Å². The molecule has 0 saturated heterocycles. The molecule has 4 nitrogen and oxygen atoms in total. The predicted molar refractivity (Wildman–Crippen MR) is 57.2 cm³/mol. The maximum absolute atomic E-state index is 4.09. The second-order valence-corrected chi connectivity index (χ2v) is 3.85. The second kappa shape index (κ2) is 4.98. The molecule has 4 heteroatoms. The van der Waals surface area contributed by atoms with E-state index in [4.69, 9.17) is 0 Å². The van der Waals surface area contributed by atoms with Gasteiger partial charge in [0.15, 0.2) is 0 Å². The number of unbranched alkanes of at least 4 members (excludes halogenated alkanes) is 2. The Kier molecular flexibility index (Phi) is 3.92. The quantitative estimate of drug-likeness (QED) is 0.647. The molecule has 0 bridgehead atoms. The first-order valence-corrected chi connectivity index (χ1v) is 5.31. The van der Waals surface area contributed by atoms with Crippen molar-refractivity contribution in [2.45, 2.75) is 46.1 Å². The van der Waals surface area contributed by atoms with Gasteiger partial charge in [0, 0.05) is 7.05 Å². The average molecular weight is 196 g/mol. The van der Waals surface area contributed by atoms with Crippen LogP contribution in [0.3, 0.4) is 0 Å². The second-order valence-electron chi connectivity index (χ2n) is 3.85. The maximum atomic E-state index is 4.09. The average Bonchev–Trinajstić information content (AvgIpc) is 2.48. The minimum absolute atomic E-state index is 0.372. The molecule has 1 aliphatic rings. The first kappa shape index (κ1) is 11.0. The highest BCUT2D eigenvalue weighted by Gasteiger charge is 2.21. The fourth-order valence-corrected chi connectivity index (χ4v) is 1.37. The molecule has 1 aliphatic heterocycles. The topological polar surface area (TPSA) is 31.2 Å². The van der Waals surface area contributed by atoms with E-state index < -0.39 is 0 Å². The van der Waals surface area contributed by atoms with Gasteiger partial charge in [0.05, 0.1) is 6.04 Å². The highest BCUT2D eigenvalue weighted by atomic mass is 15.8. The Balaban J connectivity index is 2.60. The molecule has 0 amide bonds. The summed E-state index contributed by atoms with van der Waals surface area (Å²) in [5.74, 6) is 1.11. The Morgan fingerprint density at radius 3 is 2.64 bits per heavy atom. The highest BCUT2D eigenvalue weighted by molar-refractivity contribution is 5.00. The SMILES string of the molecule is CCCCC=C1N(C)N=NN1C(C)C. The molecular formula is C10H20N4. The molecule has 0 aromatic rings. The van der Waals surface area contributed by atoms with Crippen LogP contribution in [0.5, 0.6) is 0 Å². The molecule has 0 aromatic carbocycles. The Labute approximate surface area is 86.2 Å². The number of nitrogens with zero attached hydrogens (tertiary/aromatic N) is 4. The van der Waals surface area contributed by atoms with Crippen LogP contribution >= 0.6 is 0 Å². The summed E-state index contributed by atoms with van der Waals surface area (Å²) in [5.41, 5.74) is 0. The van der Waals surface area contributed by atoms with E-state index >= 15 is 0 Å². The van der Waals surface area contributed by atoms with Crippen LogP contribution in [0.25, 0.3) is 0 Å². The van der Waals surface area contributed by atoms with Gasteiger partial charge in [-0.1, -0.05) is 13.3 Å². The van der Waals surface area contributed by atoms with E-state index in [-0.39, 0.29) is 0 Å². The zero-order valence-corrected chi connectivity index (χ0v) is 9.56. The van der Waals surface area contributed by atoms with Crippen LogP contribution in [0, 0.1) is 0 Å². The van der Waals surface area contributed by atoms with Crippen LogP contribution < -0.4 is 0 Å². The van der Waals surface area contributed by atoms with Crippen molar-refractivity contribution in [3.63, 3.8) is 0 Å². The molecule has 0 aromatic heterocycles. The monoisotopic (exact) mass is 196 g/mol. The van der Waals surface area contributed by atoms with Gasteiger partial charge in [-0.3, -0.25) is 0 Å². The van der Waals surface area contributed by atoms with Crippen LogP contribution in [-0.4, -0.2) is 23.1 Å². The standard InChI is InChI=1S/C10H20N4/c1-5-6-7-8-10-13(4)11-12-14(10)9(2)3/h8-9H,5-7H2,1-4H3. The van der Waals surface area contributed by atoms with Gasteiger partial charge in [-0.05, 0) is 43.2 Å². The van der Waals surface area contributed by atoms with Gasteiger partial charge in [0.2, 0.25) is 0 Å². The van der Waals surface area contributed by atoms with Crippen LogP contribution in [-0.2, 0) is 0 Å². The summed E-state index contributed by atoms with van der Waals surface area (Å²) in [5, 5.41) is 11.9.